The van der Waals surface area contributed by atoms with Gasteiger partial charge in [0.1, 0.15) is 11.5 Å². The molecule has 3 rings (SSSR count). The van der Waals surface area contributed by atoms with Crippen LogP contribution in [0.4, 0.5) is 11.4 Å². The van der Waals surface area contributed by atoms with Crippen LogP contribution in [0, 0.1) is 0 Å². The van der Waals surface area contributed by atoms with E-state index in [1.165, 1.54) is 12.8 Å². The Hall–Kier alpha value is -2.76. The smallest absolute Gasteiger partial charge is 0.253 e. The quantitative estimate of drug-likeness (QED) is 0.841. The minimum atomic E-state index is -0.0827. The van der Waals surface area contributed by atoms with Crippen LogP contribution in [0.15, 0.2) is 36.7 Å². The number of pyridine rings is 1. The average Bonchev–Trinajstić information content (AvgIpc) is 3.15. The van der Waals surface area contributed by atoms with E-state index in [0.717, 1.165) is 18.5 Å². The average molecular weight is 341 g/mol. The van der Waals surface area contributed by atoms with Gasteiger partial charge >= 0.3 is 0 Å². The molecule has 0 unspecified atom stereocenters. The Labute approximate surface area is 147 Å². The molecule has 1 amide bonds. The maximum atomic E-state index is 12.4. The van der Waals surface area contributed by atoms with Gasteiger partial charge in [-0.2, -0.15) is 0 Å². The number of ether oxygens (including phenoxy) is 2. The summed E-state index contributed by atoms with van der Waals surface area (Å²) in [5, 5.41) is 6.32. The van der Waals surface area contributed by atoms with Crippen LogP contribution in [0.1, 0.15) is 36.0 Å². The first-order valence-electron chi connectivity index (χ1n) is 8.44. The van der Waals surface area contributed by atoms with Gasteiger partial charge < -0.3 is 20.1 Å². The number of hydrogen-bond donors (Lipinski definition) is 2. The van der Waals surface area contributed by atoms with Gasteiger partial charge in [-0.1, -0.05) is 12.8 Å². The summed E-state index contributed by atoms with van der Waals surface area (Å²) in [6, 6.07) is 7.56. The Kier molecular flexibility index (Phi) is 5.38. The Morgan fingerprint density at radius 2 is 1.92 bits per heavy atom. The fourth-order valence-electron chi connectivity index (χ4n) is 3.04. The molecule has 0 aliphatic heterocycles. The molecule has 6 nitrogen and oxygen atoms in total. The second kappa shape index (κ2) is 7.88. The van der Waals surface area contributed by atoms with Crippen LogP contribution in [0.3, 0.4) is 0 Å². The molecular weight excluding hydrogens is 318 g/mol. The number of carbonyl (C=O) groups is 1. The van der Waals surface area contributed by atoms with Crippen molar-refractivity contribution in [2.24, 2.45) is 0 Å². The number of benzene rings is 1. The van der Waals surface area contributed by atoms with Crippen molar-refractivity contribution in [3.8, 4) is 11.5 Å². The minimum Gasteiger partial charge on any atom is -0.497 e. The zero-order valence-electron chi connectivity index (χ0n) is 14.5. The SMILES string of the molecule is COc1ccc(OC)c(Nc2cncc(C(=O)NC3CCCC3)c2)c1. The molecule has 1 aromatic heterocycles. The summed E-state index contributed by atoms with van der Waals surface area (Å²) in [6.45, 7) is 0. The summed E-state index contributed by atoms with van der Waals surface area (Å²) < 4.78 is 10.6. The van der Waals surface area contributed by atoms with Crippen molar-refractivity contribution < 1.29 is 14.3 Å². The molecule has 1 fully saturated rings. The van der Waals surface area contributed by atoms with Crippen LogP contribution >= 0.6 is 0 Å². The molecule has 1 aliphatic rings. The second-order valence-electron chi connectivity index (χ2n) is 6.11. The van der Waals surface area contributed by atoms with E-state index in [0.29, 0.717) is 22.7 Å². The molecule has 0 spiro atoms. The molecule has 1 saturated carbocycles. The lowest BCUT2D eigenvalue weighted by Crippen LogP contribution is -2.32. The number of anilines is 2. The van der Waals surface area contributed by atoms with Crippen LogP contribution in [-0.2, 0) is 0 Å². The van der Waals surface area contributed by atoms with E-state index in [4.69, 9.17) is 9.47 Å². The summed E-state index contributed by atoms with van der Waals surface area (Å²) in [5.74, 6) is 1.31. The van der Waals surface area contributed by atoms with Gasteiger partial charge in [0.15, 0.2) is 0 Å². The topological polar surface area (TPSA) is 72.5 Å². The number of aromatic nitrogens is 1. The Balaban J connectivity index is 1.76. The Bertz CT molecular complexity index is 742. The molecule has 1 heterocycles. The van der Waals surface area contributed by atoms with Crippen molar-refractivity contribution in [3.63, 3.8) is 0 Å². The van der Waals surface area contributed by atoms with E-state index in [1.54, 1.807) is 32.7 Å². The number of nitrogens with zero attached hydrogens (tertiary/aromatic N) is 1. The van der Waals surface area contributed by atoms with Crippen molar-refractivity contribution in [2.75, 3.05) is 19.5 Å². The standard InChI is InChI=1S/C19H23N3O3/c1-24-16-7-8-18(25-2)17(10-16)21-15-9-13(11-20-12-15)19(23)22-14-5-3-4-6-14/h7-12,14,21H,3-6H2,1-2H3,(H,22,23). The molecule has 0 bridgehead atoms. The summed E-state index contributed by atoms with van der Waals surface area (Å²) in [7, 11) is 3.22. The second-order valence-corrected chi connectivity index (χ2v) is 6.11. The number of carbonyl (C=O) groups excluding carboxylic acids is 1. The van der Waals surface area contributed by atoms with Gasteiger partial charge in [-0.15, -0.1) is 0 Å². The lowest BCUT2D eigenvalue weighted by Gasteiger charge is -2.14. The van der Waals surface area contributed by atoms with Crippen molar-refractivity contribution in [2.45, 2.75) is 31.7 Å². The van der Waals surface area contributed by atoms with Gasteiger partial charge in [-0.3, -0.25) is 9.78 Å². The summed E-state index contributed by atoms with van der Waals surface area (Å²) >= 11 is 0. The summed E-state index contributed by atoms with van der Waals surface area (Å²) in [6.07, 6.45) is 7.72. The fourth-order valence-corrected chi connectivity index (χ4v) is 3.04. The number of amides is 1. The van der Waals surface area contributed by atoms with Crippen LogP contribution in [-0.4, -0.2) is 31.2 Å². The molecule has 1 aromatic carbocycles. The molecule has 25 heavy (non-hydrogen) atoms. The van der Waals surface area contributed by atoms with Crippen LogP contribution in [0.2, 0.25) is 0 Å². The Morgan fingerprint density at radius 3 is 2.64 bits per heavy atom. The normalized spacial score (nSPS) is 14.2. The summed E-state index contributed by atoms with van der Waals surface area (Å²) in [5.41, 5.74) is 2.00. The maximum Gasteiger partial charge on any atom is 0.253 e. The largest absolute Gasteiger partial charge is 0.497 e. The van der Waals surface area contributed by atoms with Gasteiger partial charge in [0.25, 0.3) is 5.91 Å². The first-order valence-corrected chi connectivity index (χ1v) is 8.44. The van der Waals surface area contributed by atoms with Crippen LogP contribution in [0.25, 0.3) is 0 Å². The van der Waals surface area contributed by atoms with Crippen molar-refractivity contribution in [3.05, 3.63) is 42.2 Å². The van der Waals surface area contributed by atoms with Crippen LogP contribution in [0.5, 0.6) is 11.5 Å². The highest BCUT2D eigenvalue weighted by molar-refractivity contribution is 5.95. The third-order valence-electron chi connectivity index (χ3n) is 4.38. The minimum absolute atomic E-state index is 0.0827. The predicted molar refractivity (Wildman–Crippen MR) is 96.8 cm³/mol. The molecule has 2 N–H and O–H groups in total. The molecule has 2 aromatic rings. The molecule has 132 valence electrons. The number of methoxy groups -OCH3 is 2. The van der Waals surface area contributed by atoms with Crippen molar-refractivity contribution in [1.29, 1.82) is 0 Å². The maximum absolute atomic E-state index is 12.4. The van der Waals surface area contributed by atoms with E-state index < -0.39 is 0 Å². The molecule has 1 aliphatic carbocycles. The summed E-state index contributed by atoms with van der Waals surface area (Å²) in [4.78, 5) is 16.6. The first-order chi connectivity index (χ1) is 12.2. The molecular formula is C19H23N3O3. The lowest BCUT2D eigenvalue weighted by atomic mass is 10.2. The van der Waals surface area contributed by atoms with Crippen molar-refractivity contribution >= 4 is 17.3 Å². The molecule has 0 radical (unpaired) electrons. The van der Waals surface area contributed by atoms with E-state index >= 15 is 0 Å². The van der Waals surface area contributed by atoms with Gasteiger partial charge in [-0.05, 0) is 31.0 Å². The third-order valence-corrected chi connectivity index (χ3v) is 4.38. The monoisotopic (exact) mass is 341 g/mol. The predicted octanol–water partition coefficient (Wildman–Crippen LogP) is 3.51. The third kappa shape index (κ3) is 4.21. The first kappa shape index (κ1) is 17.1. The van der Waals surface area contributed by atoms with Gasteiger partial charge in [0, 0.05) is 18.3 Å². The zero-order valence-corrected chi connectivity index (χ0v) is 14.5. The van der Waals surface area contributed by atoms with E-state index in [2.05, 4.69) is 15.6 Å². The highest BCUT2D eigenvalue weighted by atomic mass is 16.5. The molecule has 0 saturated heterocycles. The van der Waals surface area contributed by atoms with E-state index in [9.17, 15) is 4.79 Å². The van der Waals surface area contributed by atoms with E-state index in [1.807, 2.05) is 18.2 Å². The van der Waals surface area contributed by atoms with Crippen molar-refractivity contribution in [1.82, 2.24) is 10.3 Å². The van der Waals surface area contributed by atoms with Gasteiger partial charge in [0.05, 0.1) is 37.4 Å². The Morgan fingerprint density at radius 1 is 1.12 bits per heavy atom. The number of nitrogens with one attached hydrogen (secondary N) is 2. The fraction of sp³-hybridized carbons (Fsp3) is 0.368. The highest BCUT2D eigenvalue weighted by Crippen LogP contribution is 2.31. The molecule has 6 heteroatoms. The molecule has 0 atom stereocenters. The van der Waals surface area contributed by atoms with Crippen LogP contribution < -0.4 is 20.1 Å². The van der Waals surface area contributed by atoms with E-state index in [-0.39, 0.29) is 11.9 Å². The lowest BCUT2D eigenvalue weighted by molar-refractivity contribution is 0.0937. The number of rotatable bonds is 6. The number of hydrogen-bond acceptors (Lipinski definition) is 5. The zero-order chi connectivity index (χ0) is 17.6. The van der Waals surface area contributed by atoms with Gasteiger partial charge in [0.2, 0.25) is 0 Å². The highest BCUT2D eigenvalue weighted by Gasteiger charge is 2.18. The van der Waals surface area contributed by atoms with Gasteiger partial charge in [-0.25, -0.2) is 0 Å².